The third-order valence-electron chi connectivity index (χ3n) is 12.5. The van der Waals surface area contributed by atoms with E-state index in [2.05, 4.69) is 19.2 Å². The summed E-state index contributed by atoms with van der Waals surface area (Å²) in [5.41, 5.74) is 0. The SMILES string of the molecule is CCCCCCCCCCCCCCCCCCCCCCCCC(=O)OCC(O)COP(=O)(O)OCCNC(=O)CCCCCCCCCCCCCCCCCCCCCC. The Bertz CT molecular complexity index is 1000. The lowest BCUT2D eigenvalue weighted by Crippen LogP contribution is -2.27. The van der Waals surface area contributed by atoms with Crippen molar-refractivity contribution in [3.05, 3.63) is 0 Å². The van der Waals surface area contributed by atoms with Crippen molar-refractivity contribution in [1.82, 2.24) is 5.32 Å². The Labute approximate surface area is 390 Å². The molecule has 2 unspecified atom stereocenters. The number of unbranched alkanes of at least 4 members (excludes halogenated alkanes) is 40. The minimum atomic E-state index is -4.42. The van der Waals surface area contributed by atoms with Crippen LogP contribution in [0.3, 0.4) is 0 Å². The molecule has 0 aromatic rings. The lowest BCUT2D eigenvalue weighted by atomic mass is 10.0. The molecule has 0 spiro atoms. The Morgan fingerprint density at radius 1 is 0.429 bits per heavy atom. The topological polar surface area (TPSA) is 131 Å². The second-order valence-corrected chi connectivity index (χ2v) is 20.4. The molecular weight excluding hydrogens is 810 g/mol. The van der Waals surface area contributed by atoms with E-state index in [1.165, 1.54) is 231 Å². The molecule has 0 aromatic heterocycles. The molecule has 9 nitrogen and oxygen atoms in total. The number of phosphoric acid groups is 1. The molecular formula is C53H106NO8P. The summed E-state index contributed by atoms with van der Waals surface area (Å²) >= 11 is 0. The van der Waals surface area contributed by atoms with Crippen LogP contribution in [0, 0.1) is 0 Å². The molecule has 3 N–H and O–H groups in total. The molecule has 0 aromatic carbocycles. The van der Waals surface area contributed by atoms with Crippen LogP contribution in [0.4, 0.5) is 0 Å². The maximum atomic E-state index is 12.2. The van der Waals surface area contributed by atoms with E-state index in [-0.39, 0.29) is 25.7 Å². The van der Waals surface area contributed by atoms with E-state index in [0.717, 1.165) is 38.5 Å². The van der Waals surface area contributed by atoms with Crippen LogP contribution < -0.4 is 5.32 Å². The molecule has 0 heterocycles. The first-order valence-corrected chi connectivity index (χ1v) is 29.0. The van der Waals surface area contributed by atoms with Gasteiger partial charge < -0.3 is 20.1 Å². The number of hydrogen-bond donors (Lipinski definition) is 3. The zero-order valence-corrected chi connectivity index (χ0v) is 42.7. The van der Waals surface area contributed by atoms with E-state index in [4.69, 9.17) is 13.8 Å². The van der Waals surface area contributed by atoms with Crippen LogP contribution in [-0.4, -0.2) is 54.3 Å². The fourth-order valence-electron chi connectivity index (χ4n) is 8.39. The number of hydrogen-bond acceptors (Lipinski definition) is 7. The molecule has 0 rings (SSSR count). The first-order chi connectivity index (χ1) is 30.8. The molecule has 10 heteroatoms. The quantitative estimate of drug-likeness (QED) is 0.0312. The van der Waals surface area contributed by atoms with E-state index in [1.54, 1.807) is 0 Å². The average molecular weight is 916 g/mol. The van der Waals surface area contributed by atoms with Crippen molar-refractivity contribution in [2.24, 2.45) is 0 Å². The van der Waals surface area contributed by atoms with Crippen LogP contribution >= 0.6 is 7.82 Å². The number of esters is 1. The summed E-state index contributed by atoms with van der Waals surface area (Å²) in [5.74, 6) is -0.496. The zero-order chi connectivity index (χ0) is 46.0. The van der Waals surface area contributed by atoms with Crippen molar-refractivity contribution >= 4 is 19.7 Å². The van der Waals surface area contributed by atoms with Gasteiger partial charge in [0.2, 0.25) is 5.91 Å². The van der Waals surface area contributed by atoms with E-state index in [1.807, 2.05) is 0 Å². The van der Waals surface area contributed by atoms with Crippen LogP contribution in [-0.2, 0) is 27.9 Å². The molecule has 0 radical (unpaired) electrons. The van der Waals surface area contributed by atoms with Gasteiger partial charge in [-0.2, -0.15) is 0 Å². The molecule has 376 valence electrons. The number of ether oxygens (including phenoxy) is 1. The first kappa shape index (κ1) is 62.0. The smallest absolute Gasteiger partial charge is 0.463 e. The average Bonchev–Trinajstić information content (AvgIpc) is 3.27. The standard InChI is InChI=1S/C53H106NO8P/c1-3-5-7-9-11-13-15-17-19-21-23-25-26-28-30-32-34-36-38-40-42-44-46-53(57)60-49-51(55)50-62-63(58,59)61-48-47-54-52(56)45-43-41-39-37-35-33-31-29-27-24-22-20-18-16-14-12-10-8-6-4-2/h51,55H,3-50H2,1-2H3,(H,54,56)(H,58,59). The summed E-state index contributed by atoms with van der Waals surface area (Å²) in [6.45, 7) is 3.64. The van der Waals surface area contributed by atoms with Gasteiger partial charge in [0.1, 0.15) is 12.7 Å². The summed E-state index contributed by atoms with van der Waals surface area (Å²) < 4.78 is 27.0. The van der Waals surface area contributed by atoms with E-state index in [0.29, 0.717) is 12.8 Å². The molecule has 0 saturated heterocycles. The highest BCUT2D eigenvalue weighted by Gasteiger charge is 2.23. The maximum absolute atomic E-state index is 12.2. The van der Waals surface area contributed by atoms with E-state index in [9.17, 15) is 24.2 Å². The highest BCUT2D eigenvalue weighted by molar-refractivity contribution is 7.47. The van der Waals surface area contributed by atoms with E-state index < -0.39 is 26.5 Å². The van der Waals surface area contributed by atoms with Crippen molar-refractivity contribution in [2.75, 3.05) is 26.4 Å². The predicted molar refractivity (Wildman–Crippen MR) is 266 cm³/mol. The van der Waals surface area contributed by atoms with Crippen molar-refractivity contribution in [3.63, 3.8) is 0 Å². The Morgan fingerprint density at radius 2 is 0.714 bits per heavy atom. The molecule has 0 aliphatic carbocycles. The van der Waals surface area contributed by atoms with Crippen molar-refractivity contribution in [3.8, 4) is 0 Å². The minimum Gasteiger partial charge on any atom is -0.463 e. The Hall–Kier alpha value is -0.990. The molecule has 0 fully saturated rings. The lowest BCUT2D eigenvalue weighted by Gasteiger charge is -2.15. The van der Waals surface area contributed by atoms with Gasteiger partial charge >= 0.3 is 13.8 Å². The van der Waals surface area contributed by atoms with Gasteiger partial charge in [-0.25, -0.2) is 4.57 Å². The number of phosphoric ester groups is 1. The largest absolute Gasteiger partial charge is 0.472 e. The summed E-state index contributed by atoms with van der Waals surface area (Å²) in [6.07, 6.45) is 54.8. The second-order valence-electron chi connectivity index (χ2n) is 18.9. The van der Waals surface area contributed by atoms with E-state index >= 15 is 0 Å². The van der Waals surface area contributed by atoms with Crippen LogP contribution in [0.2, 0.25) is 0 Å². The normalized spacial score (nSPS) is 13.0. The predicted octanol–water partition coefficient (Wildman–Crippen LogP) is 16.3. The van der Waals surface area contributed by atoms with Crippen LogP contribution in [0.1, 0.15) is 296 Å². The number of amides is 1. The maximum Gasteiger partial charge on any atom is 0.472 e. The summed E-state index contributed by atoms with van der Waals surface area (Å²) in [4.78, 5) is 34.1. The van der Waals surface area contributed by atoms with Gasteiger partial charge in [-0.05, 0) is 12.8 Å². The fraction of sp³-hybridized carbons (Fsp3) is 0.962. The second kappa shape index (κ2) is 50.4. The third kappa shape index (κ3) is 51.9. The van der Waals surface area contributed by atoms with Gasteiger partial charge in [0.05, 0.1) is 13.2 Å². The summed E-state index contributed by atoms with van der Waals surface area (Å²) in [7, 11) is -4.42. The van der Waals surface area contributed by atoms with Crippen LogP contribution in [0.5, 0.6) is 0 Å². The van der Waals surface area contributed by atoms with Crippen LogP contribution in [0.25, 0.3) is 0 Å². The van der Waals surface area contributed by atoms with Crippen molar-refractivity contribution in [2.45, 2.75) is 302 Å². The Balaban J connectivity index is 3.48. The number of carbonyl (C=O) groups is 2. The summed E-state index contributed by atoms with van der Waals surface area (Å²) in [6, 6.07) is 0. The lowest BCUT2D eigenvalue weighted by molar-refractivity contribution is -0.147. The molecule has 2 atom stereocenters. The Kier molecular flexibility index (Phi) is 49.6. The van der Waals surface area contributed by atoms with Gasteiger partial charge in [-0.3, -0.25) is 18.6 Å². The first-order valence-electron chi connectivity index (χ1n) is 27.5. The number of rotatable bonds is 53. The molecule has 0 aliphatic heterocycles. The van der Waals surface area contributed by atoms with Crippen LogP contribution in [0.15, 0.2) is 0 Å². The van der Waals surface area contributed by atoms with Gasteiger partial charge in [0.15, 0.2) is 0 Å². The Morgan fingerprint density at radius 3 is 1.03 bits per heavy atom. The molecule has 0 aliphatic rings. The van der Waals surface area contributed by atoms with Gasteiger partial charge in [-0.15, -0.1) is 0 Å². The molecule has 1 amide bonds. The van der Waals surface area contributed by atoms with Gasteiger partial charge in [0, 0.05) is 19.4 Å². The number of nitrogens with one attached hydrogen (secondary N) is 1. The molecule has 0 bridgehead atoms. The van der Waals surface area contributed by atoms with Gasteiger partial charge in [0.25, 0.3) is 0 Å². The highest BCUT2D eigenvalue weighted by atomic mass is 31.2. The number of carbonyl (C=O) groups excluding carboxylic acids is 2. The number of aliphatic hydroxyl groups excluding tert-OH is 1. The summed E-state index contributed by atoms with van der Waals surface area (Å²) in [5, 5.41) is 12.8. The van der Waals surface area contributed by atoms with Crippen molar-refractivity contribution < 1.29 is 37.9 Å². The molecule has 63 heavy (non-hydrogen) atoms. The number of aliphatic hydroxyl groups is 1. The molecule has 0 saturated carbocycles. The highest BCUT2D eigenvalue weighted by Crippen LogP contribution is 2.42. The monoisotopic (exact) mass is 916 g/mol. The van der Waals surface area contributed by atoms with Gasteiger partial charge in [-0.1, -0.05) is 271 Å². The minimum absolute atomic E-state index is 0.0890. The zero-order valence-electron chi connectivity index (χ0n) is 41.8. The third-order valence-corrected chi connectivity index (χ3v) is 13.5. The fourth-order valence-corrected chi connectivity index (χ4v) is 9.14. The van der Waals surface area contributed by atoms with Crippen molar-refractivity contribution in [1.29, 1.82) is 0 Å².